The van der Waals surface area contributed by atoms with Gasteiger partial charge in [-0.05, 0) is 23.8 Å². The highest BCUT2D eigenvalue weighted by Crippen LogP contribution is 2.41. The molecular weight excluding hydrogens is 374 g/mol. The van der Waals surface area contributed by atoms with Crippen LogP contribution in [0.3, 0.4) is 0 Å². The number of amides is 4. The molecule has 3 fully saturated rings. The molecule has 3 aliphatic heterocycles. The first-order valence-electron chi connectivity index (χ1n) is 8.50. The highest BCUT2D eigenvalue weighted by atomic mass is 16.9. The number of benzene rings is 1. The van der Waals surface area contributed by atoms with Crippen molar-refractivity contribution in [3.05, 3.63) is 29.3 Å². The van der Waals surface area contributed by atoms with Crippen molar-refractivity contribution in [1.82, 2.24) is 10.1 Å². The van der Waals surface area contributed by atoms with E-state index in [9.17, 15) is 24.0 Å². The predicted octanol–water partition coefficient (Wildman–Crippen LogP) is -0.0324. The minimum absolute atomic E-state index is 0.00470. The van der Waals surface area contributed by atoms with Gasteiger partial charge in [-0.15, -0.1) is 5.06 Å². The molecule has 3 saturated heterocycles. The van der Waals surface area contributed by atoms with E-state index < -0.39 is 42.0 Å². The number of anilines is 1. The van der Waals surface area contributed by atoms with Gasteiger partial charge in [-0.25, -0.2) is 9.63 Å². The molecule has 11 heteroatoms. The number of carbonyl (C=O) groups excluding carboxylic acids is 5. The van der Waals surface area contributed by atoms with Crippen molar-refractivity contribution in [2.75, 3.05) is 5.73 Å². The molecule has 1 aromatic carbocycles. The molecule has 4 rings (SSSR count). The van der Waals surface area contributed by atoms with Gasteiger partial charge in [0.2, 0.25) is 6.29 Å². The topological polar surface area (TPSA) is 149 Å². The van der Waals surface area contributed by atoms with E-state index >= 15 is 0 Å². The fraction of sp³-hybridized carbons (Fsp3) is 0.353. The summed E-state index contributed by atoms with van der Waals surface area (Å²) in [6, 6.07) is 4.26. The van der Waals surface area contributed by atoms with Crippen LogP contribution in [0.1, 0.15) is 47.7 Å². The van der Waals surface area contributed by atoms with Crippen LogP contribution < -0.4 is 5.73 Å². The first kappa shape index (κ1) is 18.1. The maximum Gasteiger partial charge on any atom is 0.364 e. The lowest BCUT2D eigenvalue weighted by Crippen LogP contribution is -2.32. The van der Waals surface area contributed by atoms with Gasteiger partial charge in [-0.2, -0.15) is 5.06 Å². The minimum atomic E-state index is -0.930. The Bertz CT molecular complexity index is 882. The number of nitrogens with zero attached hydrogens (tertiary/aromatic N) is 2. The van der Waals surface area contributed by atoms with Crippen molar-refractivity contribution in [2.24, 2.45) is 0 Å². The van der Waals surface area contributed by atoms with Crippen LogP contribution in [0.5, 0.6) is 0 Å². The first-order chi connectivity index (χ1) is 13.3. The molecule has 2 N–H and O–H groups in total. The van der Waals surface area contributed by atoms with Crippen molar-refractivity contribution in [2.45, 2.75) is 38.1 Å². The summed E-state index contributed by atoms with van der Waals surface area (Å²) in [7, 11) is 0. The molecule has 3 heterocycles. The SMILES string of the molecule is Nc1cc(C(=O)ON2C(=O)CCC2=O)cc(C2OC2ON2C(=O)CCC2=O)c1. The summed E-state index contributed by atoms with van der Waals surface area (Å²) >= 11 is 0. The van der Waals surface area contributed by atoms with E-state index in [1.165, 1.54) is 18.2 Å². The summed E-state index contributed by atoms with van der Waals surface area (Å²) in [5, 5.41) is 1.12. The quantitative estimate of drug-likeness (QED) is 0.416. The molecule has 2 unspecified atom stereocenters. The number of hydrogen-bond donors (Lipinski definition) is 1. The Labute approximate surface area is 157 Å². The smallest absolute Gasteiger partial charge is 0.364 e. The molecule has 1 aromatic rings. The average Bonchev–Trinajstić information content (AvgIpc) is 3.28. The number of nitrogens with two attached hydrogens (primary N) is 1. The van der Waals surface area contributed by atoms with Gasteiger partial charge < -0.3 is 15.3 Å². The third kappa shape index (κ3) is 3.32. The van der Waals surface area contributed by atoms with Crippen LogP contribution >= 0.6 is 0 Å². The fourth-order valence-electron chi connectivity index (χ4n) is 2.94. The van der Waals surface area contributed by atoms with Crippen LogP contribution in [0.2, 0.25) is 0 Å². The van der Waals surface area contributed by atoms with Crippen LogP contribution in [0, 0.1) is 0 Å². The predicted molar refractivity (Wildman–Crippen MR) is 87.1 cm³/mol. The van der Waals surface area contributed by atoms with Gasteiger partial charge in [-0.3, -0.25) is 19.2 Å². The summed E-state index contributed by atoms with van der Waals surface area (Å²) in [5.74, 6) is -3.02. The highest BCUT2D eigenvalue weighted by molar-refractivity contribution is 6.03. The molecule has 0 aromatic heterocycles. The van der Waals surface area contributed by atoms with Gasteiger partial charge in [-0.1, -0.05) is 0 Å². The van der Waals surface area contributed by atoms with Crippen molar-refractivity contribution in [1.29, 1.82) is 0 Å². The maximum absolute atomic E-state index is 12.3. The lowest BCUT2D eigenvalue weighted by Gasteiger charge is -2.13. The van der Waals surface area contributed by atoms with Crippen molar-refractivity contribution >= 4 is 35.3 Å². The molecular formula is C17H15N3O8. The van der Waals surface area contributed by atoms with Crippen LogP contribution in [0.15, 0.2) is 18.2 Å². The van der Waals surface area contributed by atoms with E-state index in [1.807, 2.05) is 0 Å². The molecule has 0 saturated carbocycles. The van der Waals surface area contributed by atoms with Gasteiger partial charge in [0, 0.05) is 31.4 Å². The zero-order chi connectivity index (χ0) is 20.0. The van der Waals surface area contributed by atoms with E-state index in [0.717, 1.165) is 0 Å². The Morgan fingerprint density at radius 3 is 2.11 bits per heavy atom. The summed E-state index contributed by atoms with van der Waals surface area (Å²) in [5.41, 5.74) is 6.48. The van der Waals surface area contributed by atoms with E-state index in [1.54, 1.807) is 0 Å². The number of ether oxygens (including phenoxy) is 1. The number of hydrogen-bond acceptors (Lipinski definition) is 9. The Hall–Kier alpha value is -3.31. The van der Waals surface area contributed by atoms with E-state index in [-0.39, 0.29) is 36.9 Å². The number of nitrogen functional groups attached to an aromatic ring is 1. The van der Waals surface area contributed by atoms with Crippen molar-refractivity contribution < 1.29 is 38.4 Å². The Morgan fingerprint density at radius 2 is 1.50 bits per heavy atom. The monoisotopic (exact) mass is 389 g/mol. The summed E-state index contributed by atoms with van der Waals surface area (Å²) in [6.07, 6.45) is -1.39. The van der Waals surface area contributed by atoms with Gasteiger partial charge in [0.25, 0.3) is 23.6 Å². The van der Waals surface area contributed by atoms with Crippen LogP contribution in [0.25, 0.3) is 0 Å². The number of rotatable bonds is 5. The second kappa shape index (κ2) is 6.69. The van der Waals surface area contributed by atoms with Gasteiger partial charge in [0.15, 0.2) is 0 Å². The Kier molecular flexibility index (Phi) is 4.32. The second-order valence-corrected chi connectivity index (χ2v) is 6.46. The van der Waals surface area contributed by atoms with Gasteiger partial charge in [0.1, 0.15) is 6.10 Å². The highest BCUT2D eigenvalue weighted by Gasteiger charge is 2.47. The zero-order valence-corrected chi connectivity index (χ0v) is 14.5. The third-order valence-electron chi connectivity index (χ3n) is 4.39. The van der Waals surface area contributed by atoms with E-state index in [4.69, 9.17) is 20.1 Å². The normalized spacial score (nSPS) is 24.3. The largest absolute Gasteiger partial charge is 0.399 e. The molecule has 4 amide bonds. The number of hydroxylamine groups is 4. The first-order valence-corrected chi connectivity index (χ1v) is 8.50. The van der Waals surface area contributed by atoms with Crippen molar-refractivity contribution in [3.63, 3.8) is 0 Å². The van der Waals surface area contributed by atoms with Crippen molar-refractivity contribution in [3.8, 4) is 0 Å². The van der Waals surface area contributed by atoms with Crippen LogP contribution in [0.4, 0.5) is 5.69 Å². The summed E-state index contributed by atoms with van der Waals surface area (Å²) in [6.45, 7) is 0. The average molecular weight is 389 g/mol. The number of imide groups is 2. The van der Waals surface area contributed by atoms with Gasteiger partial charge in [0.05, 0.1) is 5.56 Å². The zero-order valence-electron chi connectivity index (χ0n) is 14.5. The molecule has 11 nitrogen and oxygen atoms in total. The molecule has 0 bridgehead atoms. The molecule has 0 radical (unpaired) electrons. The van der Waals surface area contributed by atoms with E-state index in [0.29, 0.717) is 15.7 Å². The molecule has 0 spiro atoms. The molecule has 3 aliphatic rings. The fourth-order valence-corrected chi connectivity index (χ4v) is 2.94. The maximum atomic E-state index is 12.3. The third-order valence-corrected chi connectivity index (χ3v) is 4.39. The molecule has 28 heavy (non-hydrogen) atoms. The lowest BCUT2D eigenvalue weighted by atomic mass is 10.1. The van der Waals surface area contributed by atoms with Gasteiger partial charge >= 0.3 is 5.97 Å². The number of epoxide rings is 1. The number of carbonyl (C=O) groups is 5. The van der Waals surface area contributed by atoms with Crippen LogP contribution in [-0.2, 0) is 33.6 Å². The summed E-state index contributed by atoms with van der Waals surface area (Å²) in [4.78, 5) is 68.7. The molecule has 0 aliphatic carbocycles. The lowest BCUT2D eigenvalue weighted by molar-refractivity contribution is -0.201. The second-order valence-electron chi connectivity index (χ2n) is 6.46. The summed E-state index contributed by atoms with van der Waals surface area (Å²) < 4.78 is 5.32. The molecule has 146 valence electrons. The minimum Gasteiger partial charge on any atom is -0.399 e. The van der Waals surface area contributed by atoms with Crippen LogP contribution in [-0.4, -0.2) is 46.0 Å². The molecule has 2 atom stereocenters. The Balaban J connectivity index is 1.45. The van der Waals surface area contributed by atoms with E-state index in [2.05, 4.69) is 0 Å². The standard InChI is InChI=1S/C17H15N3O8/c18-10-6-8(15-17(26-15)28-20-13(23)3-4-14(20)24)5-9(7-10)16(25)27-19-11(21)1-2-12(19)22/h5-7,15,17H,1-4,18H2. The Morgan fingerprint density at radius 1 is 0.929 bits per heavy atom.